The zero-order valence-corrected chi connectivity index (χ0v) is 13.8. The van der Waals surface area contributed by atoms with Gasteiger partial charge in [0.25, 0.3) is 0 Å². The maximum absolute atomic E-state index is 13.1. The minimum Gasteiger partial charge on any atom is -0.489 e. The van der Waals surface area contributed by atoms with E-state index >= 15 is 0 Å². The molecule has 0 aromatic heterocycles. The van der Waals surface area contributed by atoms with Crippen LogP contribution in [0, 0.1) is 5.82 Å². The van der Waals surface area contributed by atoms with Crippen LogP contribution in [0.5, 0.6) is 11.5 Å². The van der Waals surface area contributed by atoms with Crippen LogP contribution in [0.1, 0.15) is 24.8 Å². The van der Waals surface area contributed by atoms with Crippen molar-refractivity contribution in [1.82, 2.24) is 4.90 Å². The zero-order valence-electron chi connectivity index (χ0n) is 13.8. The average molecular weight is 345 g/mol. The molecular weight excluding hydrogens is 325 g/mol. The summed E-state index contributed by atoms with van der Waals surface area (Å²) in [5, 5.41) is 0. The molecule has 1 heterocycles. The molecule has 2 aromatic rings. The lowest BCUT2D eigenvalue weighted by molar-refractivity contribution is -0.154. The van der Waals surface area contributed by atoms with E-state index in [1.165, 1.54) is 12.1 Å². The fraction of sp³-hybridized carbons (Fsp3) is 0.316. The highest BCUT2D eigenvalue weighted by Gasteiger charge is 2.19. The lowest BCUT2D eigenvalue weighted by Gasteiger charge is -2.24. The molecule has 1 aliphatic rings. The summed E-state index contributed by atoms with van der Waals surface area (Å²) in [5.74, 6) is 0.725. The fourth-order valence-corrected chi connectivity index (χ4v) is 2.60. The maximum Gasteiger partial charge on any atom is 0.452 e. The normalized spacial score (nSPS) is 14.0. The second-order valence-corrected chi connectivity index (χ2v) is 5.87. The first-order chi connectivity index (χ1) is 12.2. The molecule has 1 amide bonds. The molecule has 0 spiro atoms. The maximum atomic E-state index is 13.1. The molecule has 6 heteroatoms. The van der Waals surface area contributed by atoms with Crippen molar-refractivity contribution in [2.24, 2.45) is 0 Å². The topological polar surface area (TPSA) is 48.0 Å². The quantitative estimate of drug-likeness (QED) is 0.598. The molecule has 3 rings (SSSR count). The van der Waals surface area contributed by atoms with Crippen LogP contribution >= 0.6 is 0 Å². The molecule has 1 aliphatic heterocycles. The number of carbonyl (C=O) groups is 1. The smallest absolute Gasteiger partial charge is 0.452 e. The third kappa shape index (κ3) is 5.11. The Bertz CT molecular complexity index is 699. The summed E-state index contributed by atoms with van der Waals surface area (Å²) in [7, 11) is 0. The number of rotatable bonds is 5. The third-order valence-electron chi connectivity index (χ3n) is 3.94. The van der Waals surface area contributed by atoms with Crippen molar-refractivity contribution in [3.8, 4) is 11.5 Å². The number of piperidine rings is 1. The predicted molar refractivity (Wildman–Crippen MR) is 89.7 cm³/mol. The van der Waals surface area contributed by atoms with Gasteiger partial charge in [0.2, 0.25) is 0 Å². The second-order valence-electron chi connectivity index (χ2n) is 5.87. The lowest BCUT2D eigenvalue weighted by Crippen LogP contribution is -2.36. The summed E-state index contributed by atoms with van der Waals surface area (Å²) >= 11 is 0. The van der Waals surface area contributed by atoms with Crippen LogP contribution in [0.15, 0.2) is 48.5 Å². The number of amides is 1. The van der Waals surface area contributed by atoms with Crippen molar-refractivity contribution in [3.63, 3.8) is 0 Å². The predicted octanol–water partition coefficient (Wildman–Crippen LogP) is 4.32. The van der Waals surface area contributed by atoms with Gasteiger partial charge in [-0.25, -0.2) is 14.1 Å². The average Bonchev–Trinajstić information content (AvgIpc) is 2.66. The van der Waals surface area contributed by atoms with Gasteiger partial charge in [0.05, 0.1) is 0 Å². The highest BCUT2D eigenvalue weighted by Crippen LogP contribution is 2.19. The van der Waals surface area contributed by atoms with Crippen molar-refractivity contribution in [2.45, 2.75) is 25.9 Å². The number of halogens is 1. The summed E-state index contributed by atoms with van der Waals surface area (Å²) in [6.45, 7) is 1.67. The Labute approximate surface area is 145 Å². The summed E-state index contributed by atoms with van der Waals surface area (Å²) in [5.41, 5.74) is 0.746. The van der Waals surface area contributed by atoms with E-state index in [-0.39, 0.29) is 12.4 Å². The Morgan fingerprint density at radius 2 is 1.72 bits per heavy atom. The summed E-state index contributed by atoms with van der Waals surface area (Å²) in [6.07, 6.45) is 2.66. The van der Waals surface area contributed by atoms with Crippen molar-refractivity contribution in [1.29, 1.82) is 0 Å². The number of nitrogens with zero attached hydrogens (tertiary/aromatic N) is 1. The molecule has 0 atom stereocenters. The van der Waals surface area contributed by atoms with E-state index in [0.29, 0.717) is 24.6 Å². The van der Waals surface area contributed by atoms with E-state index in [9.17, 15) is 9.18 Å². The zero-order chi connectivity index (χ0) is 17.5. The highest BCUT2D eigenvalue weighted by atomic mass is 19.1. The first-order valence-electron chi connectivity index (χ1n) is 8.31. The van der Waals surface area contributed by atoms with Gasteiger partial charge in [-0.05, 0) is 61.2 Å². The Hall–Kier alpha value is -2.76. The number of ether oxygens (including phenoxy) is 1. The molecule has 0 unspecified atom stereocenters. The SMILES string of the molecule is O=C(OOc1ccc(OCc2cccc(F)c2)cc1)N1CCCCC1. The van der Waals surface area contributed by atoms with E-state index in [0.717, 1.165) is 24.8 Å². The van der Waals surface area contributed by atoms with Gasteiger partial charge in [-0.15, -0.1) is 0 Å². The number of likely N-dealkylation sites (tertiary alicyclic amines) is 1. The van der Waals surface area contributed by atoms with Crippen LogP contribution in [-0.4, -0.2) is 24.1 Å². The molecule has 25 heavy (non-hydrogen) atoms. The van der Waals surface area contributed by atoms with E-state index in [1.807, 2.05) is 0 Å². The van der Waals surface area contributed by atoms with Gasteiger partial charge in [-0.2, -0.15) is 0 Å². The molecule has 0 aliphatic carbocycles. The van der Waals surface area contributed by atoms with Crippen LogP contribution in [0.2, 0.25) is 0 Å². The minimum absolute atomic E-state index is 0.266. The Balaban J connectivity index is 1.46. The minimum atomic E-state index is -0.467. The molecule has 0 saturated carbocycles. The van der Waals surface area contributed by atoms with Gasteiger partial charge >= 0.3 is 6.09 Å². The van der Waals surface area contributed by atoms with Crippen LogP contribution in [0.3, 0.4) is 0 Å². The first-order valence-corrected chi connectivity index (χ1v) is 8.31. The Morgan fingerprint density at radius 3 is 2.44 bits per heavy atom. The van der Waals surface area contributed by atoms with Gasteiger partial charge in [0, 0.05) is 13.1 Å². The molecule has 0 radical (unpaired) electrons. The largest absolute Gasteiger partial charge is 0.489 e. The summed E-state index contributed by atoms with van der Waals surface area (Å²) in [6, 6.07) is 12.9. The molecule has 0 bridgehead atoms. The van der Waals surface area contributed by atoms with Crippen LogP contribution < -0.4 is 9.62 Å². The van der Waals surface area contributed by atoms with Crippen LogP contribution in [0.25, 0.3) is 0 Å². The third-order valence-corrected chi connectivity index (χ3v) is 3.94. The number of hydrogen-bond donors (Lipinski definition) is 0. The lowest BCUT2D eigenvalue weighted by atomic mass is 10.1. The standard InChI is InChI=1S/C19H20FNO4/c20-16-6-4-5-15(13-16)14-23-17-7-9-18(10-8-17)24-25-19(22)21-11-2-1-3-12-21/h4-10,13H,1-3,11-12,14H2. The Morgan fingerprint density at radius 1 is 1.00 bits per heavy atom. The molecule has 5 nitrogen and oxygen atoms in total. The molecule has 1 saturated heterocycles. The Kier molecular flexibility index (Phi) is 5.72. The summed E-state index contributed by atoms with van der Waals surface area (Å²) in [4.78, 5) is 23.4. The van der Waals surface area contributed by atoms with E-state index < -0.39 is 6.09 Å². The van der Waals surface area contributed by atoms with Gasteiger partial charge in [-0.1, -0.05) is 12.1 Å². The molecule has 132 valence electrons. The van der Waals surface area contributed by atoms with Crippen molar-refractivity contribution < 1.29 is 23.7 Å². The highest BCUT2D eigenvalue weighted by molar-refractivity contribution is 5.67. The molecule has 0 N–H and O–H groups in total. The van der Waals surface area contributed by atoms with Crippen molar-refractivity contribution >= 4 is 6.09 Å². The number of benzene rings is 2. The van der Waals surface area contributed by atoms with E-state index in [4.69, 9.17) is 14.5 Å². The monoisotopic (exact) mass is 345 g/mol. The second kappa shape index (κ2) is 8.37. The van der Waals surface area contributed by atoms with Crippen molar-refractivity contribution in [2.75, 3.05) is 13.1 Å². The number of hydrogen-bond acceptors (Lipinski definition) is 4. The molecule has 1 fully saturated rings. The molecular formula is C19H20FNO4. The fourth-order valence-electron chi connectivity index (χ4n) is 2.60. The first kappa shape index (κ1) is 17.1. The van der Waals surface area contributed by atoms with E-state index in [2.05, 4.69) is 0 Å². The van der Waals surface area contributed by atoms with Gasteiger partial charge in [-0.3, -0.25) is 4.89 Å². The van der Waals surface area contributed by atoms with Crippen molar-refractivity contribution in [3.05, 3.63) is 59.9 Å². The summed E-state index contributed by atoms with van der Waals surface area (Å²) < 4.78 is 18.7. The van der Waals surface area contributed by atoms with Crippen LogP contribution in [0.4, 0.5) is 9.18 Å². The van der Waals surface area contributed by atoms with E-state index in [1.54, 1.807) is 41.3 Å². The van der Waals surface area contributed by atoms with Gasteiger partial charge in [0.15, 0.2) is 5.75 Å². The van der Waals surface area contributed by atoms with Gasteiger partial charge < -0.3 is 9.64 Å². The number of carbonyl (C=O) groups excluding carboxylic acids is 1. The van der Waals surface area contributed by atoms with Crippen LogP contribution in [-0.2, 0) is 11.5 Å². The van der Waals surface area contributed by atoms with Gasteiger partial charge in [0.1, 0.15) is 18.2 Å². The molecule has 2 aromatic carbocycles.